The van der Waals surface area contributed by atoms with Crippen LogP contribution in [0.1, 0.15) is 26.3 Å². The average molecular weight is 168 g/mol. The van der Waals surface area contributed by atoms with Crippen molar-refractivity contribution in [3.8, 4) is 5.75 Å². The van der Waals surface area contributed by atoms with Gasteiger partial charge in [0.25, 0.3) is 0 Å². The maximum atomic E-state index is 12.8. The lowest BCUT2D eigenvalue weighted by Gasteiger charge is -2.18. The molecule has 0 fully saturated rings. The second-order valence-corrected chi connectivity index (χ2v) is 3.95. The minimum atomic E-state index is -0.389. The molecule has 0 aromatic heterocycles. The van der Waals surface area contributed by atoms with Gasteiger partial charge < -0.3 is 5.11 Å². The summed E-state index contributed by atoms with van der Waals surface area (Å²) in [7, 11) is 0. The molecule has 0 amide bonds. The van der Waals surface area contributed by atoms with Crippen molar-refractivity contribution in [2.24, 2.45) is 0 Å². The first kappa shape index (κ1) is 9.04. The SMILES string of the molecule is CC(C)(C)c1cc(O)cc(F)c1. The highest BCUT2D eigenvalue weighted by molar-refractivity contribution is 5.32. The molecule has 0 saturated heterocycles. The van der Waals surface area contributed by atoms with E-state index >= 15 is 0 Å². The quantitative estimate of drug-likeness (QED) is 0.631. The number of hydrogen-bond donors (Lipinski definition) is 1. The van der Waals surface area contributed by atoms with Crippen molar-refractivity contribution in [2.45, 2.75) is 26.2 Å². The van der Waals surface area contributed by atoms with Gasteiger partial charge in [0.15, 0.2) is 0 Å². The molecule has 0 bridgehead atoms. The Hall–Kier alpha value is -1.05. The van der Waals surface area contributed by atoms with Crippen LogP contribution in [0, 0.1) is 5.82 Å². The summed E-state index contributed by atoms with van der Waals surface area (Å²) in [6, 6.07) is 4.14. The summed E-state index contributed by atoms with van der Waals surface area (Å²) in [5.74, 6) is -0.403. The molecular weight excluding hydrogens is 155 g/mol. The molecule has 0 atom stereocenters. The zero-order chi connectivity index (χ0) is 9.35. The molecule has 1 aromatic carbocycles. The largest absolute Gasteiger partial charge is 0.508 e. The molecule has 12 heavy (non-hydrogen) atoms. The van der Waals surface area contributed by atoms with Crippen molar-refractivity contribution in [2.75, 3.05) is 0 Å². The number of phenolic OH excluding ortho intramolecular Hbond substituents is 1. The van der Waals surface area contributed by atoms with Crippen LogP contribution in [0.2, 0.25) is 0 Å². The fraction of sp³-hybridized carbons (Fsp3) is 0.400. The molecule has 0 radical (unpaired) electrons. The molecule has 1 nitrogen and oxygen atoms in total. The third-order valence-electron chi connectivity index (χ3n) is 1.75. The van der Waals surface area contributed by atoms with Crippen LogP contribution < -0.4 is 0 Å². The Morgan fingerprint density at radius 3 is 2.17 bits per heavy atom. The van der Waals surface area contributed by atoms with E-state index in [0.29, 0.717) is 0 Å². The van der Waals surface area contributed by atoms with Gasteiger partial charge in [-0.15, -0.1) is 0 Å². The predicted molar refractivity (Wildman–Crippen MR) is 46.8 cm³/mol. The molecule has 1 rings (SSSR count). The molecule has 0 unspecified atom stereocenters. The molecule has 2 heteroatoms. The van der Waals surface area contributed by atoms with Crippen molar-refractivity contribution in [3.05, 3.63) is 29.6 Å². The zero-order valence-electron chi connectivity index (χ0n) is 7.56. The summed E-state index contributed by atoms with van der Waals surface area (Å²) in [5.41, 5.74) is 0.680. The molecule has 1 aromatic rings. The first-order valence-corrected chi connectivity index (χ1v) is 3.89. The lowest BCUT2D eigenvalue weighted by atomic mass is 9.87. The Kier molecular flexibility index (Phi) is 2.09. The van der Waals surface area contributed by atoms with Gasteiger partial charge >= 0.3 is 0 Å². The molecular formula is C10H13FO. The average Bonchev–Trinajstić information content (AvgIpc) is 1.82. The smallest absolute Gasteiger partial charge is 0.127 e. The fourth-order valence-corrected chi connectivity index (χ4v) is 1.01. The Labute approximate surface area is 71.9 Å². The maximum absolute atomic E-state index is 12.8. The van der Waals surface area contributed by atoms with E-state index in [1.807, 2.05) is 20.8 Å². The first-order chi connectivity index (χ1) is 5.39. The second-order valence-electron chi connectivity index (χ2n) is 3.95. The van der Waals surface area contributed by atoms with Crippen LogP contribution in [-0.2, 0) is 5.41 Å². The molecule has 66 valence electrons. The lowest BCUT2D eigenvalue weighted by Crippen LogP contribution is -2.10. The number of benzene rings is 1. The molecule has 0 aliphatic rings. The standard InChI is InChI=1S/C10H13FO/c1-10(2,3)7-4-8(11)6-9(12)5-7/h4-6,12H,1-3H3. The molecule has 1 N–H and O–H groups in total. The Balaban J connectivity index is 3.18. The minimum absolute atomic E-state index is 0.0140. The van der Waals surface area contributed by atoms with Crippen molar-refractivity contribution in [1.29, 1.82) is 0 Å². The van der Waals surface area contributed by atoms with Crippen LogP contribution in [0.5, 0.6) is 5.75 Å². The first-order valence-electron chi connectivity index (χ1n) is 3.89. The number of halogens is 1. The Morgan fingerprint density at radius 2 is 1.75 bits per heavy atom. The molecule has 0 heterocycles. The van der Waals surface area contributed by atoms with Crippen LogP contribution in [0.25, 0.3) is 0 Å². The summed E-state index contributed by atoms with van der Waals surface area (Å²) in [5, 5.41) is 9.12. The van der Waals surface area contributed by atoms with Gasteiger partial charge in [-0.2, -0.15) is 0 Å². The van der Waals surface area contributed by atoms with E-state index in [4.69, 9.17) is 5.11 Å². The summed E-state index contributed by atoms with van der Waals surface area (Å²) in [4.78, 5) is 0. The normalized spacial score (nSPS) is 11.7. The van der Waals surface area contributed by atoms with Crippen LogP contribution >= 0.6 is 0 Å². The molecule has 0 spiro atoms. The Bertz CT molecular complexity index is 266. The zero-order valence-corrected chi connectivity index (χ0v) is 7.56. The van der Waals surface area contributed by atoms with E-state index in [0.717, 1.165) is 11.6 Å². The maximum Gasteiger partial charge on any atom is 0.127 e. The van der Waals surface area contributed by atoms with Crippen LogP contribution in [-0.4, -0.2) is 5.11 Å². The highest BCUT2D eigenvalue weighted by Crippen LogP contribution is 2.26. The number of hydrogen-bond acceptors (Lipinski definition) is 1. The Morgan fingerprint density at radius 1 is 1.17 bits per heavy atom. The van der Waals surface area contributed by atoms with Gasteiger partial charge in [0.1, 0.15) is 11.6 Å². The van der Waals surface area contributed by atoms with E-state index in [1.54, 1.807) is 6.07 Å². The number of phenols is 1. The van der Waals surface area contributed by atoms with E-state index in [-0.39, 0.29) is 17.0 Å². The topological polar surface area (TPSA) is 20.2 Å². The summed E-state index contributed by atoms with van der Waals surface area (Å²) >= 11 is 0. The van der Waals surface area contributed by atoms with Crippen LogP contribution in [0.4, 0.5) is 4.39 Å². The highest BCUT2D eigenvalue weighted by atomic mass is 19.1. The monoisotopic (exact) mass is 168 g/mol. The molecule has 0 aliphatic heterocycles. The van der Waals surface area contributed by atoms with Gasteiger partial charge in [-0.3, -0.25) is 0 Å². The fourth-order valence-electron chi connectivity index (χ4n) is 1.01. The van der Waals surface area contributed by atoms with Crippen molar-refractivity contribution >= 4 is 0 Å². The van der Waals surface area contributed by atoms with Gasteiger partial charge in [-0.05, 0) is 23.1 Å². The van der Waals surface area contributed by atoms with E-state index < -0.39 is 0 Å². The van der Waals surface area contributed by atoms with Crippen LogP contribution in [0.3, 0.4) is 0 Å². The van der Waals surface area contributed by atoms with E-state index in [9.17, 15) is 4.39 Å². The minimum Gasteiger partial charge on any atom is -0.508 e. The summed E-state index contributed by atoms with van der Waals surface area (Å²) < 4.78 is 12.8. The van der Waals surface area contributed by atoms with Gasteiger partial charge in [0.2, 0.25) is 0 Å². The highest BCUT2D eigenvalue weighted by Gasteiger charge is 2.14. The summed E-state index contributed by atoms with van der Waals surface area (Å²) in [6.07, 6.45) is 0. The van der Waals surface area contributed by atoms with Crippen LogP contribution in [0.15, 0.2) is 18.2 Å². The van der Waals surface area contributed by atoms with Gasteiger partial charge in [-0.25, -0.2) is 4.39 Å². The van der Waals surface area contributed by atoms with Crippen molar-refractivity contribution in [1.82, 2.24) is 0 Å². The van der Waals surface area contributed by atoms with E-state index in [2.05, 4.69) is 0 Å². The number of rotatable bonds is 0. The number of aromatic hydroxyl groups is 1. The van der Waals surface area contributed by atoms with Gasteiger partial charge in [-0.1, -0.05) is 20.8 Å². The third kappa shape index (κ3) is 1.97. The van der Waals surface area contributed by atoms with Crippen molar-refractivity contribution < 1.29 is 9.50 Å². The van der Waals surface area contributed by atoms with Gasteiger partial charge in [0.05, 0.1) is 0 Å². The van der Waals surface area contributed by atoms with Crippen molar-refractivity contribution in [3.63, 3.8) is 0 Å². The summed E-state index contributed by atoms with van der Waals surface area (Å²) in [6.45, 7) is 5.92. The lowest BCUT2D eigenvalue weighted by molar-refractivity contribution is 0.463. The second kappa shape index (κ2) is 2.77. The van der Waals surface area contributed by atoms with Gasteiger partial charge in [0, 0.05) is 6.07 Å². The molecule has 0 saturated carbocycles. The van der Waals surface area contributed by atoms with E-state index in [1.165, 1.54) is 6.07 Å². The predicted octanol–water partition coefficient (Wildman–Crippen LogP) is 2.83. The third-order valence-corrected chi connectivity index (χ3v) is 1.75. The molecule has 0 aliphatic carbocycles.